The zero-order valence-electron chi connectivity index (χ0n) is 9.04. The van der Waals surface area contributed by atoms with Crippen molar-refractivity contribution < 1.29 is 4.79 Å². The van der Waals surface area contributed by atoms with Gasteiger partial charge in [0.15, 0.2) is 5.78 Å². The normalized spacial score (nSPS) is 8.50. The van der Waals surface area contributed by atoms with Crippen molar-refractivity contribution in [3.8, 4) is 0 Å². The SMILES string of the molecule is C=CC(=O)c1ccccc1.c1ccccc1. The quantitative estimate of drug-likeness (QED) is 0.545. The molecule has 2 rings (SSSR count). The van der Waals surface area contributed by atoms with Crippen LogP contribution in [0.1, 0.15) is 10.4 Å². The summed E-state index contributed by atoms with van der Waals surface area (Å²) in [6.45, 7) is 3.39. The van der Waals surface area contributed by atoms with E-state index < -0.39 is 0 Å². The number of hydrogen-bond donors (Lipinski definition) is 0. The highest BCUT2D eigenvalue weighted by Gasteiger charge is 1.95. The molecule has 1 heteroatoms. The van der Waals surface area contributed by atoms with Gasteiger partial charge in [-0.25, -0.2) is 0 Å². The monoisotopic (exact) mass is 210 g/mol. The van der Waals surface area contributed by atoms with Crippen LogP contribution < -0.4 is 0 Å². The molecule has 0 heterocycles. The van der Waals surface area contributed by atoms with Crippen molar-refractivity contribution >= 4 is 5.78 Å². The summed E-state index contributed by atoms with van der Waals surface area (Å²) >= 11 is 0. The van der Waals surface area contributed by atoms with Crippen LogP contribution in [0.2, 0.25) is 0 Å². The fraction of sp³-hybridized carbons (Fsp3) is 0. The topological polar surface area (TPSA) is 17.1 Å². The summed E-state index contributed by atoms with van der Waals surface area (Å²) in [5.41, 5.74) is 0.692. The van der Waals surface area contributed by atoms with E-state index in [-0.39, 0.29) is 5.78 Å². The van der Waals surface area contributed by atoms with Gasteiger partial charge in [0.25, 0.3) is 0 Å². The maximum atomic E-state index is 10.9. The van der Waals surface area contributed by atoms with Gasteiger partial charge in [0, 0.05) is 5.56 Å². The van der Waals surface area contributed by atoms with Crippen LogP contribution in [0, 0.1) is 0 Å². The lowest BCUT2D eigenvalue weighted by Crippen LogP contribution is -1.90. The molecule has 16 heavy (non-hydrogen) atoms. The van der Waals surface area contributed by atoms with E-state index in [9.17, 15) is 4.79 Å². The number of allylic oxidation sites excluding steroid dienone is 1. The van der Waals surface area contributed by atoms with Crippen molar-refractivity contribution in [1.82, 2.24) is 0 Å². The molecule has 0 aromatic heterocycles. The minimum atomic E-state index is -0.0272. The smallest absolute Gasteiger partial charge is 0.185 e. The van der Waals surface area contributed by atoms with Gasteiger partial charge in [-0.15, -0.1) is 0 Å². The Labute approximate surface area is 96.1 Å². The second-order valence-corrected chi connectivity index (χ2v) is 3.09. The average Bonchev–Trinajstić information content (AvgIpc) is 2.41. The van der Waals surface area contributed by atoms with Gasteiger partial charge in [-0.1, -0.05) is 73.3 Å². The first-order valence-corrected chi connectivity index (χ1v) is 5.06. The Morgan fingerprint density at radius 2 is 1.19 bits per heavy atom. The summed E-state index contributed by atoms with van der Waals surface area (Å²) in [6, 6.07) is 21.1. The Hall–Kier alpha value is -2.15. The van der Waals surface area contributed by atoms with Crippen LogP contribution in [0.15, 0.2) is 79.4 Å². The number of hydrogen-bond acceptors (Lipinski definition) is 1. The van der Waals surface area contributed by atoms with Gasteiger partial charge in [-0.05, 0) is 6.08 Å². The lowest BCUT2D eigenvalue weighted by atomic mass is 10.1. The number of carbonyl (C=O) groups excluding carboxylic acids is 1. The summed E-state index contributed by atoms with van der Waals surface area (Å²) in [6.07, 6.45) is 1.31. The molecule has 0 aliphatic carbocycles. The molecule has 0 aliphatic rings. The van der Waals surface area contributed by atoms with Crippen molar-refractivity contribution in [3.05, 3.63) is 84.9 Å². The zero-order valence-corrected chi connectivity index (χ0v) is 9.04. The van der Waals surface area contributed by atoms with Crippen LogP contribution in [0.3, 0.4) is 0 Å². The van der Waals surface area contributed by atoms with E-state index in [0.29, 0.717) is 5.56 Å². The summed E-state index contributed by atoms with van der Waals surface area (Å²) in [4.78, 5) is 10.9. The minimum absolute atomic E-state index is 0.0272. The van der Waals surface area contributed by atoms with Gasteiger partial charge in [0.2, 0.25) is 0 Å². The zero-order chi connectivity index (χ0) is 11.6. The van der Waals surface area contributed by atoms with Gasteiger partial charge in [-0.2, -0.15) is 0 Å². The second kappa shape index (κ2) is 7.18. The molecule has 0 saturated heterocycles. The molecule has 0 unspecified atom stereocenters. The summed E-state index contributed by atoms with van der Waals surface area (Å²) in [5, 5.41) is 0. The van der Waals surface area contributed by atoms with E-state index in [2.05, 4.69) is 6.58 Å². The van der Waals surface area contributed by atoms with Gasteiger partial charge >= 0.3 is 0 Å². The standard InChI is InChI=1S/C9H8O.C6H6/c1-2-9(10)8-6-4-3-5-7-8;1-2-4-6-5-3-1/h2-7H,1H2;1-6H. The first-order chi connectivity index (χ1) is 7.84. The Bertz CT molecular complexity index is 391. The molecule has 0 bridgehead atoms. The molecule has 0 spiro atoms. The van der Waals surface area contributed by atoms with Crippen LogP contribution in [0.5, 0.6) is 0 Å². The van der Waals surface area contributed by atoms with Crippen molar-refractivity contribution in [2.24, 2.45) is 0 Å². The lowest BCUT2D eigenvalue weighted by Gasteiger charge is -1.90. The van der Waals surface area contributed by atoms with Crippen molar-refractivity contribution in [3.63, 3.8) is 0 Å². The largest absolute Gasteiger partial charge is 0.289 e. The molecule has 0 saturated carbocycles. The molecule has 0 aliphatic heterocycles. The number of rotatable bonds is 2. The Morgan fingerprint density at radius 3 is 1.56 bits per heavy atom. The summed E-state index contributed by atoms with van der Waals surface area (Å²) < 4.78 is 0. The van der Waals surface area contributed by atoms with Crippen LogP contribution in [-0.4, -0.2) is 5.78 Å². The highest BCUT2D eigenvalue weighted by Crippen LogP contribution is 1.99. The van der Waals surface area contributed by atoms with E-state index in [1.807, 2.05) is 54.6 Å². The molecule has 0 fully saturated rings. The number of benzene rings is 2. The van der Waals surface area contributed by atoms with Crippen molar-refractivity contribution in [2.75, 3.05) is 0 Å². The van der Waals surface area contributed by atoms with Crippen LogP contribution in [0.25, 0.3) is 0 Å². The second-order valence-electron chi connectivity index (χ2n) is 3.09. The van der Waals surface area contributed by atoms with Crippen LogP contribution in [-0.2, 0) is 0 Å². The maximum absolute atomic E-state index is 10.9. The predicted octanol–water partition coefficient (Wildman–Crippen LogP) is 3.74. The summed E-state index contributed by atoms with van der Waals surface area (Å²) in [7, 11) is 0. The molecule has 0 atom stereocenters. The maximum Gasteiger partial charge on any atom is 0.185 e. The third kappa shape index (κ3) is 4.38. The molecular weight excluding hydrogens is 196 g/mol. The molecule has 0 radical (unpaired) electrons. The van der Waals surface area contributed by atoms with E-state index in [4.69, 9.17) is 0 Å². The molecular formula is C15H14O. The third-order valence-corrected chi connectivity index (χ3v) is 1.91. The molecule has 2 aromatic rings. The number of carbonyl (C=O) groups is 1. The summed E-state index contributed by atoms with van der Waals surface area (Å²) in [5.74, 6) is -0.0272. The van der Waals surface area contributed by atoms with E-state index in [1.165, 1.54) is 6.08 Å². The molecule has 2 aromatic carbocycles. The van der Waals surface area contributed by atoms with Crippen molar-refractivity contribution in [2.45, 2.75) is 0 Å². The average molecular weight is 210 g/mol. The fourth-order valence-corrected chi connectivity index (χ4v) is 1.11. The first kappa shape index (κ1) is 11.9. The molecule has 0 N–H and O–H groups in total. The highest BCUT2D eigenvalue weighted by molar-refractivity contribution is 6.04. The Morgan fingerprint density at radius 1 is 0.812 bits per heavy atom. The minimum Gasteiger partial charge on any atom is -0.289 e. The van der Waals surface area contributed by atoms with Crippen LogP contribution >= 0.6 is 0 Å². The third-order valence-electron chi connectivity index (χ3n) is 1.91. The Balaban J connectivity index is 0.000000181. The van der Waals surface area contributed by atoms with E-state index in [1.54, 1.807) is 12.1 Å². The highest BCUT2D eigenvalue weighted by atomic mass is 16.1. The first-order valence-electron chi connectivity index (χ1n) is 5.06. The Kier molecular flexibility index (Phi) is 5.35. The van der Waals surface area contributed by atoms with Crippen molar-refractivity contribution in [1.29, 1.82) is 0 Å². The van der Waals surface area contributed by atoms with Crippen LogP contribution in [0.4, 0.5) is 0 Å². The van der Waals surface area contributed by atoms with Gasteiger partial charge in [-0.3, -0.25) is 4.79 Å². The molecule has 1 nitrogen and oxygen atoms in total. The predicted molar refractivity (Wildman–Crippen MR) is 67.4 cm³/mol. The molecule has 80 valence electrons. The lowest BCUT2D eigenvalue weighted by molar-refractivity contribution is 0.104. The van der Waals surface area contributed by atoms with E-state index >= 15 is 0 Å². The molecule has 0 amide bonds. The van der Waals surface area contributed by atoms with Gasteiger partial charge in [0.05, 0.1) is 0 Å². The van der Waals surface area contributed by atoms with Gasteiger partial charge < -0.3 is 0 Å². The fourth-order valence-electron chi connectivity index (χ4n) is 1.11. The van der Waals surface area contributed by atoms with E-state index in [0.717, 1.165) is 0 Å². The number of ketones is 1. The van der Waals surface area contributed by atoms with Gasteiger partial charge in [0.1, 0.15) is 0 Å².